The molecule has 0 fully saturated rings. The Morgan fingerprint density at radius 2 is 2.05 bits per heavy atom. The normalized spacial score (nSPS) is 17.9. The number of nitrogens with zero attached hydrogens (tertiary/aromatic N) is 2. The van der Waals surface area contributed by atoms with Gasteiger partial charge in [0.1, 0.15) is 6.04 Å². The summed E-state index contributed by atoms with van der Waals surface area (Å²) >= 11 is 3.34. The van der Waals surface area contributed by atoms with Gasteiger partial charge in [-0.05, 0) is 31.5 Å². The van der Waals surface area contributed by atoms with Crippen molar-refractivity contribution in [2.45, 2.75) is 19.9 Å². The Hall–Kier alpha value is -2.22. The molecule has 0 radical (unpaired) electrons. The molecule has 2 rings (SSSR count). The molecule has 1 heterocycles. The van der Waals surface area contributed by atoms with Gasteiger partial charge in [0, 0.05) is 15.7 Å². The maximum atomic E-state index is 11.9. The van der Waals surface area contributed by atoms with Gasteiger partial charge in [-0.25, -0.2) is 15.1 Å². The van der Waals surface area contributed by atoms with E-state index in [-0.39, 0.29) is 11.7 Å². The van der Waals surface area contributed by atoms with Crippen molar-refractivity contribution in [3.63, 3.8) is 0 Å². The number of guanidine groups is 1. The predicted molar refractivity (Wildman–Crippen MR) is 81.0 cm³/mol. The lowest BCUT2D eigenvalue weighted by Gasteiger charge is -2.24. The molecular formula is C13H13BrN4O3. The number of hydrazine groups is 1. The number of carbonyl (C=O) groups is 1. The third-order valence-corrected chi connectivity index (χ3v) is 3.53. The first-order valence-electron chi connectivity index (χ1n) is 6.11. The van der Waals surface area contributed by atoms with Gasteiger partial charge in [-0.1, -0.05) is 33.5 Å². The van der Waals surface area contributed by atoms with Crippen LogP contribution in [0.5, 0.6) is 0 Å². The smallest absolute Gasteiger partial charge is 0.259 e. The van der Waals surface area contributed by atoms with Gasteiger partial charge in [-0.3, -0.25) is 4.79 Å². The molecule has 1 aromatic rings. The monoisotopic (exact) mass is 352 g/mol. The zero-order valence-electron chi connectivity index (χ0n) is 11.4. The number of hydrogen-bond acceptors (Lipinski definition) is 5. The molecule has 0 amide bonds. The maximum Gasteiger partial charge on any atom is 0.259 e. The topological polar surface area (TPSA) is 96.6 Å². The molecule has 8 heteroatoms. The van der Waals surface area contributed by atoms with Crippen LogP contribution in [0.1, 0.15) is 25.5 Å². The highest BCUT2D eigenvalue weighted by Crippen LogP contribution is 2.31. The first kappa shape index (κ1) is 15.2. The van der Waals surface area contributed by atoms with Gasteiger partial charge in [-0.15, -0.1) is 0 Å². The molecule has 0 saturated heterocycles. The van der Waals surface area contributed by atoms with Crippen LogP contribution >= 0.6 is 15.9 Å². The van der Waals surface area contributed by atoms with Crippen LogP contribution < -0.4 is 10.7 Å². The lowest BCUT2D eigenvalue weighted by molar-refractivity contribution is -0.525. The Morgan fingerprint density at radius 1 is 1.43 bits per heavy atom. The van der Waals surface area contributed by atoms with E-state index in [2.05, 4.69) is 26.2 Å². The summed E-state index contributed by atoms with van der Waals surface area (Å²) in [7, 11) is 0. The van der Waals surface area contributed by atoms with Crippen molar-refractivity contribution in [3.05, 3.63) is 55.7 Å². The molecule has 1 atom stereocenters. The zero-order chi connectivity index (χ0) is 15.6. The van der Waals surface area contributed by atoms with E-state index >= 15 is 0 Å². The van der Waals surface area contributed by atoms with Gasteiger partial charge in [0.2, 0.25) is 0 Å². The number of ketones is 1. The second-order valence-corrected chi connectivity index (χ2v) is 5.44. The van der Waals surface area contributed by atoms with E-state index in [1.54, 1.807) is 6.92 Å². The van der Waals surface area contributed by atoms with Crippen LogP contribution in [0.15, 0.2) is 45.0 Å². The zero-order valence-corrected chi connectivity index (χ0v) is 13.0. The lowest BCUT2D eigenvalue weighted by Crippen LogP contribution is -2.43. The summed E-state index contributed by atoms with van der Waals surface area (Å²) in [6.45, 7) is 3.15. The molecule has 1 aromatic carbocycles. The van der Waals surface area contributed by atoms with Crippen molar-refractivity contribution in [1.82, 2.24) is 10.7 Å². The van der Waals surface area contributed by atoms with Crippen LogP contribution in [-0.4, -0.2) is 16.8 Å². The Morgan fingerprint density at radius 3 is 2.57 bits per heavy atom. The Kier molecular flexibility index (Phi) is 4.37. The molecule has 0 unspecified atom stereocenters. The quantitative estimate of drug-likeness (QED) is 0.641. The van der Waals surface area contributed by atoms with E-state index in [0.717, 1.165) is 10.0 Å². The average Bonchev–Trinajstić information content (AvgIpc) is 2.37. The van der Waals surface area contributed by atoms with Gasteiger partial charge < -0.3 is 5.32 Å². The van der Waals surface area contributed by atoms with Crippen molar-refractivity contribution in [1.29, 1.82) is 0 Å². The second kappa shape index (κ2) is 6.04. The van der Waals surface area contributed by atoms with Gasteiger partial charge in [0.05, 0.1) is 0 Å². The lowest BCUT2D eigenvalue weighted by atomic mass is 9.94. The van der Waals surface area contributed by atoms with Gasteiger partial charge in [-0.2, -0.15) is 0 Å². The minimum atomic E-state index is -0.698. The standard InChI is InChI=1S/C13H13BrN4O3/c1-7-11(8(2)19)12(9-3-5-10(14)6-4-9)16-13(15-7)17-18(20)21/h3-6,12H,1-2H3,(H2,15,16,17)/t12-/m1/s1. The Balaban J connectivity index is 2.46. The van der Waals surface area contributed by atoms with Crippen LogP contribution in [0.3, 0.4) is 0 Å². The molecule has 1 aliphatic rings. The molecule has 110 valence electrons. The summed E-state index contributed by atoms with van der Waals surface area (Å²) in [4.78, 5) is 26.7. The maximum absolute atomic E-state index is 11.9. The van der Waals surface area contributed by atoms with E-state index in [0.29, 0.717) is 11.3 Å². The van der Waals surface area contributed by atoms with E-state index in [4.69, 9.17) is 0 Å². The van der Waals surface area contributed by atoms with E-state index in [1.807, 2.05) is 29.7 Å². The van der Waals surface area contributed by atoms with Crippen LogP contribution in [0.2, 0.25) is 0 Å². The number of benzene rings is 1. The Labute approximate surface area is 129 Å². The molecular weight excluding hydrogens is 340 g/mol. The highest BCUT2D eigenvalue weighted by molar-refractivity contribution is 9.10. The molecule has 0 spiro atoms. The fourth-order valence-electron chi connectivity index (χ4n) is 2.16. The summed E-state index contributed by atoms with van der Waals surface area (Å²) < 4.78 is 0.901. The third-order valence-electron chi connectivity index (χ3n) is 3.00. The van der Waals surface area contributed by atoms with Crippen molar-refractivity contribution < 1.29 is 9.83 Å². The molecule has 0 aromatic heterocycles. The molecule has 21 heavy (non-hydrogen) atoms. The van der Waals surface area contributed by atoms with Crippen molar-refractivity contribution in [2.24, 2.45) is 4.99 Å². The summed E-state index contributed by atoms with van der Waals surface area (Å²) in [5.41, 5.74) is 3.82. The molecule has 2 N–H and O–H groups in total. The van der Waals surface area contributed by atoms with Gasteiger partial charge >= 0.3 is 0 Å². The molecule has 1 aliphatic heterocycles. The minimum absolute atomic E-state index is 0.00965. The number of rotatable bonds is 3. The molecule has 7 nitrogen and oxygen atoms in total. The number of carbonyl (C=O) groups excluding carboxylic acids is 1. The second-order valence-electron chi connectivity index (χ2n) is 4.52. The number of Topliss-reactive ketones (excluding diaryl/α,β-unsaturated/α-hetero) is 1. The molecule has 0 saturated carbocycles. The van der Waals surface area contributed by atoms with Crippen molar-refractivity contribution >= 4 is 27.7 Å². The van der Waals surface area contributed by atoms with Crippen LogP contribution in [-0.2, 0) is 4.79 Å². The van der Waals surface area contributed by atoms with Crippen LogP contribution in [0, 0.1) is 10.1 Å². The van der Waals surface area contributed by atoms with Gasteiger partial charge in [0.15, 0.2) is 10.8 Å². The first-order valence-corrected chi connectivity index (χ1v) is 6.91. The van der Waals surface area contributed by atoms with Gasteiger partial charge in [0.25, 0.3) is 5.96 Å². The molecule has 0 aliphatic carbocycles. The van der Waals surface area contributed by atoms with Crippen molar-refractivity contribution in [3.8, 4) is 0 Å². The number of aliphatic imine (C=N–C) groups is 1. The largest absolute Gasteiger partial charge is 0.325 e. The van der Waals surface area contributed by atoms with Crippen LogP contribution in [0.25, 0.3) is 0 Å². The van der Waals surface area contributed by atoms with Crippen molar-refractivity contribution in [2.75, 3.05) is 0 Å². The van der Waals surface area contributed by atoms with E-state index in [9.17, 15) is 14.9 Å². The number of nitro groups is 1. The number of allylic oxidation sites excluding steroid dienone is 1. The third kappa shape index (κ3) is 3.46. The minimum Gasteiger partial charge on any atom is -0.325 e. The SMILES string of the molecule is CC(=O)C1=C(C)NC(N[N+](=O)[O-])=N[C@@H]1c1ccc(Br)cc1. The fraction of sp³-hybridized carbons (Fsp3) is 0.231. The van der Waals surface area contributed by atoms with Crippen LogP contribution in [0.4, 0.5) is 0 Å². The summed E-state index contributed by atoms with van der Waals surface area (Å²) in [5.74, 6) is -0.118. The Bertz CT molecular complexity index is 652. The highest BCUT2D eigenvalue weighted by Gasteiger charge is 2.28. The fourth-order valence-corrected chi connectivity index (χ4v) is 2.43. The first-order chi connectivity index (χ1) is 9.88. The molecule has 0 bridgehead atoms. The number of nitrogens with one attached hydrogen (secondary N) is 2. The summed E-state index contributed by atoms with van der Waals surface area (Å²) in [6, 6.07) is 6.74. The van der Waals surface area contributed by atoms with E-state index in [1.165, 1.54) is 6.92 Å². The highest BCUT2D eigenvalue weighted by atomic mass is 79.9. The summed E-state index contributed by atoms with van der Waals surface area (Å²) in [5, 5.41) is 12.6. The average molecular weight is 353 g/mol. The number of halogens is 1. The number of hydrogen-bond donors (Lipinski definition) is 2. The summed E-state index contributed by atoms with van der Waals surface area (Å²) in [6.07, 6.45) is 0. The van der Waals surface area contributed by atoms with E-state index < -0.39 is 11.1 Å². The predicted octanol–water partition coefficient (Wildman–Crippen LogP) is 2.09.